The Hall–Kier alpha value is -3.76. The molecule has 1 amide bonds. The molecule has 0 aliphatic rings. The minimum atomic E-state index is -4.16. The highest BCUT2D eigenvalue weighted by molar-refractivity contribution is 7.91. The molecule has 0 aromatic heterocycles. The van der Waals surface area contributed by atoms with Crippen LogP contribution in [0, 0.1) is 17.0 Å². The molecule has 0 atom stereocenters. The molecule has 3 rings (SSSR count). The molecular formula is C30H37N3O6S. The van der Waals surface area contributed by atoms with E-state index in [1.54, 1.807) is 31.4 Å². The average Bonchev–Trinajstić information content (AvgIpc) is 2.93. The molecule has 0 unspecified atom stereocenters. The highest BCUT2D eigenvalue weighted by Gasteiger charge is 2.29. The van der Waals surface area contributed by atoms with Crippen molar-refractivity contribution in [2.75, 3.05) is 32.1 Å². The number of ether oxygens (including phenoxy) is 1. The fourth-order valence-electron chi connectivity index (χ4n) is 4.59. The van der Waals surface area contributed by atoms with Crippen LogP contribution in [0.2, 0.25) is 0 Å². The van der Waals surface area contributed by atoms with Gasteiger partial charge in [-0.25, -0.2) is 8.42 Å². The van der Waals surface area contributed by atoms with E-state index in [0.29, 0.717) is 5.69 Å². The van der Waals surface area contributed by atoms with E-state index in [9.17, 15) is 23.3 Å². The van der Waals surface area contributed by atoms with Crippen LogP contribution >= 0.6 is 0 Å². The summed E-state index contributed by atoms with van der Waals surface area (Å²) in [7, 11) is -2.56. The summed E-state index contributed by atoms with van der Waals surface area (Å²) in [6, 6.07) is 14.8. The summed E-state index contributed by atoms with van der Waals surface area (Å²) >= 11 is 0. The van der Waals surface area contributed by atoms with Crippen molar-refractivity contribution in [3.8, 4) is 5.75 Å². The molecule has 1 N–H and O–H groups in total. The first-order valence-electron chi connectivity index (χ1n) is 13.4. The average molecular weight is 568 g/mol. The predicted molar refractivity (Wildman–Crippen MR) is 156 cm³/mol. The summed E-state index contributed by atoms with van der Waals surface area (Å²) in [6.45, 7) is 9.22. The van der Waals surface area contributed by atoms with Crippen molar-refractivity contribution >= 4 is 27.1 Å². The van der Waals surface area contributed by atoms with Gasteiger partial charge in [0.2, 0.25) is 9.84 Å². The number of aryl methyl sites for hydroxylation is 2. The van der Waals surface area contributed by atoms with E-state index in [-0.39, 0.29) is 10.5 Å². The molecule has 0 bridgehead atoms. The predicted octanol–water partition coefficient (Wildman–Crippen LogP) is 6.05. The maximum absolute atomic E-state index is 13.1. The van der Waals surface area contributed by atoms with Gasteiger partial charge in [-0.3, -0.25) is 14.9 Å². The van der Waals surface area contributed by atoms with Crippen molar-refractivity contribution in [1.82, 2.24) is 4.90 Å². The lowest BCUT2D eigenvalue weighted by Gasteiger charge is -2.21. The minimum Gasteiger partial charge on any atom is -0.496 e. The van der Waals surface area contributed by atoms with Gasteiger partial charge >= 0.3 is 0 Å². The van der Waals surface area contributed by atoms with Crippen LogP contribution in [0.25, 0.3) is 0 Å². The van der Waals surface area contributed by atoms with Gasteiger partial charge in [0.1, 0.15) is 10.6 Å². The van der Waals surface area contributed by atoms with Crippen molar-refractivity contribution in [3.05, 3.63) is 87.5 Å². The maximum atomic E-state index is 13.1. The summed E-state index contributed by atoms with van der Waals surface area (Å²) in [4.78, 5) is 26.0. The Morgan fingerprint density at radius 2 is 1.65 bits per heavy atom. The number of amides is 1. The summed E-state index contributed by atoms with van der Waals surface area (Å²) in [5, 5.41) is 14.6. The Morgan fingerprint density at radius 3 is 2.25 bits per heavy atom. The molecule has 40 heavy (non-hydrogen) atoms. The first-order valence-corrected chi connectivity index (χ1v) is 14.9. The minimum absolute atomic E-state index is 0.0262. The molecule has 0 fully saturated rings. The van der Waals surface area contributed by atoms with Crippen molar-refractivity contribution in [2.45, 2.75) is 56.2 Å². The van der Waals surface area contributed by atoms with E-state index in [1.165, 1.54) is 18.2 Å². The van der Waals surface area contributed by atoms with Crippen LogP contribution in [-0.4, -0.2) is 50.9 Å². The van der Waals surface area contributed by atoms with E-state index < -0.39 is 31.3 Å². The molecule has 0 radical (unpaired) electrons. The van der Waals surface area contributed by atoms with Gasteiger partial charge in [0.15, 0.2) is 0 Å². The zero-order chi connectivity index (χ0) is 29.3. The van der Waals surface area contributed by atoms with Crippen LogP contribution in [0.15, 0.2) is 70.5 Å². The van der Waals surface area contributed by atoms with Crippen LogP contribution in [0.3, 0.4) is 0 Å². The first kappa shape index (κ1) is 30.8. The molecule has 0 saturated heterocycles. The van der Waals surface area contributed by atoms with Crippen LogP contribution in [0.4, 0.5) is 11.4 Å². The third kappa shape index (κ3) is 7.67. The van der Waals surface area contributed by atoms with Gasteiger partial charge in [0.05, 0.1) is 16.9 Å². The number of hydrogen-bond acceptors (Lipinski definition) is 7. The monoisotopic (exact) mass is 567 g/mol. The fourth-order valence-corrected chi connectivity index (χ4v) is 5.99. The maximum Gasteiger partial charge on any atom is 0.289 e. The second-order valence-corrected chi connectivity index (χ2v) is 11.6. The Morgan fingerprint density at radius 1 is 0.975 bits per heavy atom. The van der Waals surface area contributed by atoms with E-state index in [1.807, 2.05) is 13.0 Å². The van der Waals surface area contributed by atoms with Gasteiger partial charge in [-0.05, 0) is 100 Å². The number of nitrogens with zero attached hydrogens (tertiary/aromatic N) is 2. The van der Waals surface area contributed by atoms with Crippen molar-refractivity contribution < 1.29 is 22.9 Å². The Bertz CT molecular complexity index is 1430. The molecule has 0 spiro atoms. The van der Waals surface area contributed by atoms with Gasteiger partial charge in [0, 0.05) is 17.3 Å². The van der Waals surface area contributed by atoms with E-state index in [0.717, 1.165) is 74.3 Å². The second-order valence-electron chi connectivity index (χ2n) is 9.68. The zero-order valence-electron chi connectivity index (χ0n) is 23.5. The fraction of sp³-hybridized carbons (Fsp3) is 0.367. The molecule has 0 aliphatic carbocycles. The van der Waals surface area contributed by atoms with Gasteiger partial charge < -0.3 is 15.0 Å². The first-order chi connectivity index (χ1) is 19.1. The zero-order valence-corrected chi connectivity index (χ0v) is 24.3. The summed E-state index contributed by atoms with van der Waals surface area (Å²) in [5.41, 5.74) is 1.63. The smallest absolute Gasteiger partial charge is 0.289 e. The molecule has 3 aromatic rings. The highest BCUT2D eigenvalue weighted by Crippen LogP contribution is 2.31. The van der Waals surface area contributed by atoms with Crippen LogP contribution in [-0.2, 0) is 16.3 Å². The Labute approximate surface area is 236 Å². The van der Waals surface area contributed by atoms with Gasteiger partial charge in [-0.2, -0.15) is 0 Å². The number of anilines is 1. The number of rotatable bonds is 14. The van der Waals surface area contributed by atoms with Crippen LogP contribution in [0.5, 0.6) is 5.75 Å². The standard InChI is InChI=1S/C30H37N3O6S/c1-5-17-32(18-6-2)19-7-8-23-20-25(12-15-28(23)39-4)31-30(34)24-11-16-29(27(21-24)33(35)36)40(37,38)26-13-9-22(3)10-14-26/h9-16,20-21H,5-8,17-19H2,1-4H3,(H,31,34). The lowest BCUT2D eigenvalue weighted by atomic mass is 10.1. The SMILES string of the molecule is CCCN(CCC)CCCc1cc(NC(=O)c2ccc(S(=O)(=O)c3ccc(C)cc3)c([N+](=O)[O-])c2)ccc1OC. The van der Waals surface area contributed by atoms with Gasteiger partial charge in [-0.15, -0.1) is 0 Å². The number of hydrogen-bond donors (Lipinski definition) is 1. The van der Waals surface area contributed by atoms with Crippen LogP contribution in [0.1, 0.15) is 54.6 Å². The van der Waals surface area contributed by atoms with Gasteiger partial charge in [0.25, 0.3) is 11.6 Å². The summed E-state index contributed by atoms with van der Waals surface area (Å²) < 4.78 is 31.8. The number of methoxy groups -OCH3 is 1. The quantitative estimate of drug-likeness (QED) is 0.186. The lowest BCUT2D eigenvalue weighted by Crippen LogP contribution is -2.26. The van der Waals surface area contributed by atoms with E-state index >= 15 is 0 Å². The molecule has 9 nitrogen and oxygen atoms in total. The largest absolute Gasteiger partial charge is 0.496 e. The van der Waals surface area contributed by atoms with E-state index in [4.69, 9.17) is 4.74 Å². The van der Waals surface area contributed by atoms with Crippen molar-refractivity contribution in [1.29, 1.82) is 0 Å². The molecule has 10 heteroatoms. The van der Waals surface area contributed by atoms with Crippen molar-refractivity contribution in [2.24, 2.45) is 0 Å². The second kappa shape index (κ2) is 14.0. The lowest BCUT2D eigenvalue weighted by molar-refractivity contribution is -0.387. The normalized spacial score (nSPS) is 11.4. The third-order valence-electron chi connectivity index (χ3n) is 6.58. The number of carbonyl (C=O) groups is 1. The molecule has 214 valence electrons. The summed E-state index contributed by atoms with van der Waals surface area (Å²) in [6.07, 6.45) is 3.88. The van der Waals surface area contributed by atoms with Gasteiger partial charge in [-0.1, -0.05) is 31.5 Å². The number of sulfone groups is 1. The Balaban J connectivity index is 1.81. The van der Waals surface area contributed by atoms with Crippen LogP contribution < -0.4 is 10.1 Å². The molecule has 0 heterocycles. The molecule has 0 saturated carbocycles. The number of carbonyl (C=O) groups excluding carboxylic acids is 1. The number of nitro groups is 1. The third-order valence-corrected chi connectivity index (χ3v) is 8.39. The van der Waals surface area contributed by atoms with Crippen molar-refractivity contribution in [3.63, 3.8) is 0 Å². The number of nitrogens with one attached hydrogen (secondary N) is 1. The molecule has 0 aliphatic heterocycles. The number of benzene rings is 3. The molecular weight excluding hydrogens is 530 g/mol. The highest BCUT2D eigenvalue weighted by atomic mass is 32.2. The molecule has 3 aromatic carbocycles. The summed E-state index contributed by atoms with van der Waals surface area (Å²) in [5.74, 6) is 0.132. The van der Waals surface area contributed by atoms with E-state index in [2.05, 4.69) is 24.1 Å². The Kier molecular flexibility index (Phi) is 10.8. The topological polar surface area (TPSA) is 119 Å². The number of nitro benzene ring substituents is 1.